The highest BCUT2D eigenvalue weighted by atomic mass is 35.5. The highest BCUT2D eigenvalue weighted by molar-refractivity contribution is 7.89. The van der Waals surface area contributed by atoms with Gasteiger partial charge in [-0.3, -0.25) is 0 Å². The first kappa shape index (κ1) is 14.8. The summed E-state index contributed by atoms with van der Waals surface area (Å²) in [4.78, 5) is -0.287. The second-order valence-electron chi connectivity index (χ2n) is 4.07. The van der Waals surface area contributed by atoms with Crippen molar-refractivity contribution >= 4 is 27.3 Å². The number of nitrogen functional groups attached to an aromatic ring is 1. The average Bonchev–Trinajstić information content (AvgIpc) is 2.41. The molecular weight excluding hydrogens is 303 g/mol. The van der Waals surface area contributed by atoms with E-state index in [0.29, 0.717) is 10.6 Å². The number of hydrogen-bond donors (Lipinski definition) is 2. The molecule has 0 saturated carbocycles. The van der Waals surface area contributed by atoms with Gasteiger partial charge in [-0.05, 0) is 23.8 Å². The fourth-order valence-corrected chi connectivity index (χ4v) is 2.99. The highest BCUT2D eigenvalue weighted by Gasteiger charge is 2.19. The van der Waals surface area contributed by atoms with E-state index in [0.717, 1.165) is 6.07 Å². The summed E-state index contributed by atoms with van der Waals surface area (Å²) in [5.74, 6) is -0.773. The van der Waals surface area contributed by atoms with Crippen molar-refractivity contribution in [2.24, 2.45) is 0 Å². The van der Waals surface area contributed by atoms with Crippen LogP contribution >= 0.6 is 11.6 Å². The molecule has 0 amide bonds. The fourth-order valence-electron chi connectivity index (χ4n) is 1.64. The highest BCUT2D eigenvalue weighted by Crippen LogP contribution is 2.22. The van der Waals surface area contributed by atoms with E-state index in [9.17, 15) is 12.8 Å². The van der Waals surface area contributed by atoms with E-state index >= 15 is 0 Å². The van der Waals surface area contributed by atoms with Gasteiger partial charge >= 0.3 is 0 Å². The van der Waals surface area contributed by atoms with Crippen LogP contribution in [0, 0.1) is 5.82 Å². The van der Waals surface area contributed by atoms with Crippen molar-refractivity contribution in [2.45, 2.75) is 11.4 Å². The van der Waals surface area contributed by atoms with Gasteiger partial charge in [0.25, 0.3) is 0 Å². The summed E-state index contributed by atoms with van der Waals surface area (Å²) >= 11 is 5.94. The summed E-state index contributed by atoms with van der Waals surface area (Å²) in [6.45, 7) is -0.00202. The Bertz CT molecular complexity index is 735. The number of nitrogens with one attached hydrogen (secondary N) is 1. The van der Waals surface area contributed by atoms with E-state index in [2.05, 4.69) is 4.72 Å². The molecule has 4 nitrogen and oxygen atoms in total. The van der Waals surface area contributed by atoms with Gasteiger partial charge in [-0.1, -0.05) is 35.9 Å². The standard InChI is InChI=1S/C13H12ClFN2O2S/c14-10-5-2-1-4-9(10)8-17-20(18,19)12-7-3-6-11(15)13(12)16/h1-7,17H,8,16H2. The van der Waals surface area contributed by atoms with Crippen molar-refractivity contribution in [2.75, 3.05) is 5.73 Å². The molecule has 0 atom stereocenters. The van der Waals surface area contributed by atoms with Gasteiger partial charge in [0.05, 0.1) is 5.69 Å². The van der Waals surface area contributed by atoms with Crippen LogP contribution in [0.3, 0.4) is 0 Å². The number of halogens is 2. The molecule has 0 aliphatic rings. The van der Waals surface area contributed by atoms with Gasteiger partial charge in [0.15, 0.2) is 0 Å². The Kier molecular flexibility index (Phi) is 4.27. The molecule has 2 rings (SSSR count). The maximum atomic E-state index is 13.3. The zero-order chi connectivity index (χ0) is 14.8. The molecule has 3 N–H and O–H groups in total. The molecule has 0 unspecified atom stereocenters. The molecule has 0 heterocycles. The third-order valence-corrected chi connectivity index (χ3v) is 4.54. The quantitative estimate of drug-likeness (QED) is 0.852. The van der Waals surface area contributed by atoms with Crippen LogP contribution in [0.4, 0.5) is 10.1 Å². The molecule has 7 heteroatoms. The van der Waals surface area contributed by atoms with Crippen LogP contribution in [0.15, 0.2) is 47.4 Å². The van der Waals surface area contributed by atoms with Gasteiger partial charge in [0, 0.05) is 11.6 Å². The van der Waals surface area contributed by atoms with E-state index in [4.69, 9.17) is 17.3 Å². The minimum absolute atomic E-state index is 0.00202. The second-order valence-corrected chi connectivity index (χ2v) is 6.21. The Balaban J connectivity index is 2.24. The average molecular weight is 315 g/mol. The largest absolute Gasteiger partial charge is 0.395 e. The molecule has 0 fully saturated rings. The normalized spacial score (nSPS) is 11.5. The van der Waals surface area contributed by atoms with Crippen molar-refractivity contribution in [3.05, 3.63) is 58.9 Å². The summed E-state index contributed by atoms with van der Waals surface area (Å²) in [5, 5.41) is 0.447. The third kappa shape index (κ3) is 3.09. The van der Waals surface area contributed by atoms with Crippen LogP contribution in [0.2, 0.25) is 5.02 Å². The van der Waals surface area contributed by atoms with Crippen LogP contribution in [0.25, 0.3) is 0 Å². The summed E-state index contributed by atoms with van der Waals surface area (Å²) in [7, 11) is -3.90. The number of rotatable bonds is 4. The SMILES string of the molecule is Nc1c(F)cccc1S(=O)(=O)NCc1ccccc1Cl. The van der Waals surface area contributed by atoms with Crippen LogP contribution in [0.5, 0.6) is 0 Å². The van der Waals surface area contributed by atoms with Gasteiger partial charge in [-0.15, -0.1) is 0 Å². The molecule has 2 aromatic carbocycles. The van der Waals surface area contributed by atoms with Crippen LogP contribution in [-0.2, 0) is 16.6 Å². The third-order valence-electron chi connectivity index (χ3n) is 2.71. The Morgan fingerprint density at radius 3 is 2.55 bits per heavy atom. The summed E-state index contributed by atoms with van der Waals surface area (Å²) in [6, 6.07) is 10.5. The number of hydrogen-bond acceptors (Lipinski definition) is 3. The van der Waals surface area contributed by atoms with E-state index in [1.165, 1.54) is 12.1 Å². The van der Waals surface area contributed by atoms with E-state index in [-0.39, 0.29) is 11.4 Å². The zero-order valence-corrected chi connectivity index (χ0v) is 11.9. The lowest BCUT2D eigenvalue weighted by Crippen LogP contribution is -2.24. The molecule has 106 valence electrons. The molecule has 0 bridgehead atoms. The van der Waals surface area contributed by atoms with Crippen molar-refractivity contribution in [3.63, 3.8) is 0 Å². The van der Waals surface area contributed by atoms with Crippen molar-refractivity contribution in [1.82, 2.24) is 4.72 Å². The molecule has 0 saturated heterocycles. The predicted molar refractivity (Wildman–Crippen MR) is 76.3 cm³/mol. The van der Waals surface area contributed by atoms with Gasteiger partial charge in [0.1, 0.15) is 10.7 Å². The summed E-state index contributed by atoms with van der Waals surface area (Å²) in [5.41, 5.74) is 5.66. The maximum Gasteiger partial charge on any atom is 0.243 e. The molecule has 0 aromatic heterocycles. The summed E-state index contributed by atoms with van der Waals surface area (Å²) < 4.78 is 39.8. The lowest BCUT2D eigenvalue weighted by molar-refractivity contribution is 0.579. The number of benzene rings is 2. The van der Waals surface area contributed by atoms with Gasteiger partial charge in [0.2, 0.25) is 10.0 Å². The lowest BCUT2D eigenvalue weighted by Gasteiger charge is -2.10. The first-order valence-electron chi connectivity index (χ1n) is 5.69. The molecular formula is C13H12ClFN2O2S. The lowest BCUT2D eigenvalue weighted by atomic mass is 10.2. The molecule has 0 radical (unpaired) electrons. The topological polar surface area (TPSA) is 72.2 Å². The van der Waals surface area contributed by atoms with Gasteiger partial charge in [-0.2, -0.15) is 0 Å². The molecule has 2 aromatic rings. The Morgan fingerprint density at radius 2 is 1.85 bits per heavy atom. The number of para-hydroxylation sites is 1. The molecule has 0 spiro atoms. The Morgan fingerprint density at radius 1 is 1.15 bits per heavy atom. The van der Waals surface area contributed by atoms with Crippen molar-refractivity contribution < 1.29 is 12.8 Å². The zero-order valence-electron chi connectivity index (χ0n) is 10.3. The molecule has 20 heavy (non-hydrogen) atoms. The minimum atomic E-state index is -3.90. The van der Waals surface area contributed by atoms with Crippen molar-refractivity contribution in [1.29, 1.82) is 0 Å². The smallest absolute Gasteiger partial charge is 0.243 e. The minimum Gasteiger partial charge on any atom is -0.395 e. The van der Waals surface area contributed by atoms with Crippen molar-refractivity contribution in [3.8, 4) is 0 Å². The number of nitrogens with two attached hydrogens (primary N) is 1. The fraction of sp³-hybridized carbons (Fsp3) is 0.0769. The van der Waals surface area contributed by atoms with E-state index in [1.807, 2.05) is 0 Å². The van der Waals surface area contributed by atoms with E-state index in [1.54, 1.807) is 24.3 Å². The first-order chi connectivity index (χ1) is 9.42. The van der Waals surface area contributed by atoms with Gasteiger partial charge < -0.3 is 5.73 Å². The predicted octanol–water partition coefficient (Wildman–Crippen LogP) is 2.54. The van der Waals surface area contributed by atoms with Crippen LogP contribution in [0.1, 0.15) is 5.56 Å². The maximum absolute atomic E-state index is 13.3. The number of anilines is 1. The molecule has 0 aliphatic heterocycles. The van der Waals surface area contributed by atoms with Crippen LogP contribution in [-0.4, -0.2) is 8.42 Å². The van der Waals surface area contributed by atoms with E-state index < -0.39 is 21.5 Å². The first-order valence-corrected chi connectivity index (χ1v) is 7.55. The van der Waals surface area contributed by atoms with Gasteiger partial charge in [-0.25, -0.2) is 17.5 Å². The van der Waals surface area contributed by atoms with Crippen LogP contribution < -0.4 is 10.5 Å². The Labute approximate surface area is 121 Å². The number of sulfonamides is 1. The monoisotopic (exact) mass is 314 g/mol. The second kappa shape index (κ2) is 5.78. The summed E-state index contributed by atoms with van der Waals surface area (Å²) in [6.07, 6.45) is 0. The Hall–Kier alpha value is -1.63. The molecule has 0 aliphatic carbocycles.